The van der Waals surface area contributed by atoms with Crippen molar-refractivity contribution in [3.63, 3.8) is 0 Å². The molecule has 0 aliphatic heterocycles. The van der Waals surface area contributed by atoms with Crippen molar-refractivity contribution in [3.05, 3.63) is 23.8 Å². The van der Waals surface area contributed by atoms with E-state index in [4.69, 9.17) is 4.74 Å². The number of carbonyl (C=O) groups is 1. The van der Waals surface area contributed by atoms with Crippen LogP contribution >= 0.6 is 0 Å². The smallest absolute Gasteiger partial charge is 0.361 e. The lowest BCUT2D eigenvalue weighted by Gasteiger charge is -2.00. The number of H-pyrrole nitrogens is 1. The highest BCUT2D eigenvalue weighted by Gasteiger charge is 2.19. The maximum atomic E-state index is 11.6. The third-order valence-corrected chi connectivity index (χ3v) is 2.04. The zero-order valence-corrected chi connectivity index (χ0v) is 9.47. The standard InChI is InChI=1S/C10H11N5O2/c1-3-17-10(16)9-8(13-15-14-9)7-5-11-6(2)4-12-7/h4-5H,3H2,1-2H3,(H,13,14,15). The molecule has 2 aromatic heterocycles. The Morgan fingerprint density at radius 2 is 2.18 bits per heavy atom. The van der Waals surface area contributed by atoms with E-state index in [2.05, 4.69) is 25.4 Å². The first-order chi connectivity index (χ1) is 8.22. The van der Waals surface area contributed by atoms with E-state index in [1.54, 1.807) is 13.1 Å². The molecule has 1 N–H and O–H groups in total. The average molecular weight is 233 g/mol. The molecule has 0 aliphatic carbocycles. The summed E-state index contributed by atoms with van der Waals surface area (Å²) in [6.45, 7) is 3.83. The molecular formula is C10H11N5O2. The van der Waals surface area contributed by atoms with Gasteiger partial charge in [0.15, 0.2) is 5.69 Å². The molecule has 0 bridgehead atoms. The summed E-state index contributed by atoms with van der Waals surface area (Å²) in [5, 5.41) is 10.0. The second-order valence-corrected chi connectivity index (χ2v) is 3.28. The fourth-order valence-corrected chi connectivity index (χ4v) is 1.27. The number of hydrogen-bond donors (Lipinski definition) is 1. The SMILES string of the molecule is CCOC(=O)c1n[nH]nc1-c1cnc(C)cn1. The van der Waals surface area contributed by atoms with Crippen molar-refractivity contribution >= 4 is 5.97 Å². The summed E-state index contributed by atoms with van der Waals surface area (Å²) < 4.78 is 4.86. The molecule has 0 saturated carbocycles. The van der Waals surface area contributed by atoms with Crippen LogP contribution in [0.15, 0.2) is 12.4 Å². The molecule has 0 aromatic carbocycles. The normalized spacial score (nSPS) is 10.2. The Morgan fingerprint density at radius 3 is 2.82 bits per heavy atom. The van der Waals surface area contributed by atoms with Gasteiger partial charge in [0.05, 0.1) is 18.5 Å². The highest BCUT2D eigenvalue weighted by Crippen LogP contribution is 2.16. The van der Waals surface area contributed by atoms with Gasteiger partial charge in [0, 0.05) is 6.20 Å². The molecule has 2 heterocycles. The van der Waals surface area contributed by atoms with E-state index in [1.807, 2.05) is 6.92 Å². The number of rotatable bonds is 3. The second kappa shape index (κ2) is 4.69. The van der Waals surface area contributed by atoms with Crippen LogP contribution in [0.2, 0.25) is 0 Å². The molecule has 2 aromatic rings. The van der Waals surface area contributed by atoms with E-state index >= 15 is 0 Å². The van der Waals surface area contributed by atoms with Gasteiger partial charge in [-0.15, -0.1) is 5.10 Å². The number of aromatic amines is 1. The summed E-state index contributed by atoms with van der Waals surface area (Å²) in [5.74, 6) is -0.529. The Kier molecular flexibility index (Phi) is 3.08. The quantitative estimate of drug-likeness (QED) is 0.786. The van der Waals surface area contributed by atoms with Crippen molar-refractivity contribution in [2.24, 2.45) is 0 Å². The van der Waals surface area contributed by atoms with Crippen LogP contribution in [0.3, 0.4) is 0 Å². The number of hydrogen-bond acceptors (Lipinski definition) is 6. The number of nitrogens with zero attached hydrogens (tertiary/aromatic N) is 4. The van der Waals surface area contributed by atoms with Gasteiger partial charge in [-0.3, -0.25) is 9.97 Å². The Labute approximate surface area is 97.2 Å². The molecule has 2 rings (SSSR count). The zero-order chi connectivity index (χ0) is 12.3. The van der Waals surface area contributed by atoms with Gasteiger partial charge < -0.3 is 4.74 Å². The maximum Gasteiger partial charge on any atom is 0.361 e. The number of ether oxygens (including phenoxy) is 1. The van der Waals surface area contributed by atoms with Gasteiger partial charge in [0.25, 0.3) is 0 Å². The number of esters is 1. The third-order valence-electron chi connectivity index (χ3n) is 2.04. The molecule has 88 valence electrons. The molecule has 0 spiro atoms. The Balaban J connectivity index is 2.36. The fourth-order valence-electron chi connectivity index (χ4n) is 1.27. The molecule has 0 aliphatic rings. The predicted octanol–water partition coefficient (Wildman–Crippen LogP) is 0.747. The van der Waals surface area contributed by atoms with Gasteiger partial charge in [-0.05, 0) is 13.8 Å². The van der Waals surface area contributed by atoms with Gasteiger partial charge in [-0.1, -0.05) is 0 Å². The molecular weight excluding hydrogens is 222 g/mol. The molecule has 0 atom stereocenters. The summed E-state index contributed by atoms with van der Waals surface area (Å²) in [5.41, 5.74) is 1.73. The van der Waals surface area contributed by atoms with Crippen LogP contribution < -0.4 is 0 Å². The molecule has 0 saturated heterocycles. The number of aromatic nitrogens is 5. The summed E-state index contributed by atoms with van der Waals surface area (Å²) in [6.07, 6.45) is 3.13. The van der Waals surface area contributed by atoms with Crippen LogP contribution in [0.4, 0.5) is 0 Å². The summed E-state index contributed by atoms with van der Waals surface area (Å²) >= 11 is 0. The predicted molar refractivity (Wildman–Crippen MR) is 58.1 cm³/mol. The lowest BCUT2D eigenvalue weighted by atomic mass is 10.2. The van der Waals surface area contributed by atoms with Gasteiger partial charge in [0.2, 0.25) is 0 Å². The lowest BCUT2D eigenvalue weighted by molar-refractivity contribution is 0.0520. The van der Waals surface area contributed by atoms with E-state index in [-0.39, 0.29) is 12.3 Å². The van der Waals surface area contributed by atoms with Gasteiger partial charge >= 0.3 is 5.97 Å². The molecule has 0 radical (unpaired) electrons. The molecule has 7 heteroatoms. The van der Waals surface area contributed by atoms with E-state index < -0.39 is 5.97 Å². The first kappa shape index (κ1) is 11.2. The van der Waals surface area contributed by atoms with Crippen LogP contribution in [0.25, 0.3) is 11.4 Å². The summed E-state index contributed by atoms with van der Waals surface area (Å²) in [4.78, 5) is 19.8. The minimum atomic E-state index is -0.529. The second-order valence-electron chi connectivity index (χ2n) is 3.28. The number of aryl methyl sites for hydroxylation is 1. The zero-order valence-electron chi connectivity index (χ0n) is 9.47. The first-order valence-corrected chi connectivity index (χ1v) is 5.09. The minimum absolute atomic E-state index is 0.116. The molecule has 0 fully saturated rings. The molecule has 0 amide bonds. The topological polar surface area (TPSA) is 93.7 Å². The number of nitrogens with one attached hydrogen (secondary N) is 1. The van der Waals surface area contributed by atoms with Crippen LogP contribution in [-0.2, 0) is 4.74 Å². The van der Waals surface area contributed by atoms with Crippen molar-refractivity contribution < 1.29 is 9.53 Å². The van der Waals surface area contributed by atoms with E-state index in [0.717, 1.165) is 5.69 Å². The highest BCUT2D eigenvalue weighted by atomic mass is 16.5. The number of carbonyl (C=O) groups excluding carboxylic acids is 1. The van der Waals surface area contributed by atoms with Gasteiger partial charge in [-0.25, -0.2) is 4.79 Å². The summed E-state index contributed by atoms with van der Waals surface area (Å²) in [7, 11) is 0. The maximum absolute atomic E-state index is 11.6. The molecule has 17 heavy (non-hydrogen) atoms. The van der Waals surface area contributed by atoms with Crippen LogP contribution in [-0.4, -0.2) is 38.0 Å². The lowest BCUT2D eigenvalue weighted by Crippen LogP contribution is -2.07. The average Bonchev–Trinajstić information content (AvgIpc) is 2.79. The monoisotopic (exact) mass is 233 g/mol. The Morgan fingerprint density at radius 1 is 1.35 bits per heavy atom. The fraction of sp³-hybridized carbons (Fsp3) is 0.300. The van der Waals surface area contributed by atoms with Crippen molar-refractivity contribution in [1.29, 1.82) is 0 Å². The van der Waals surface area contributed by atoms with Crippen LogP contribution in [0, 0.1) is 6.92 Å². The van der Waals surface area contributed by atoms with E-state index in [0.29, 0.717) is 11.4 Å². The van der Waals surface area contributed by atoms with Crippen LogP contribution in [0.1, 0.15) is 23.1 Å². The first-order valence-electron chi connectivity index (χ1n) is 5.09. The Bertz CT molecular complexity index is 520. The molecule has 0 unspecified atom stereocenters. The van der Waals surface area contributed by atoms with Crippen molar-refractivity contribution in [2.75, 3.05) is 6.61 Å². The molecule has 7 nitrogen and oxygen atoms in total. The summed E-state index contributed by atoms with van der Waals surface area (Å²) in [6, 6.07) is 0. The van der Waals surface area contributed by atoms with Gasteiger partial charge in [-0.2, -0.15) is 10.3 Å². The van der Waals surface area contributed by atoms with Crippen LogP contribution in [0.5, 0.6) is 0 Å². The minimum Gasteiger partial charge on any atom is -0.461 e. The Hall–Kier alpha value is -2.31. The third kappa shape index (κ3) is 2.27. The highest BCUT2D eigenvalue weighted by molar-refractivity contribution is 5.93. The van der Waals surface area contributed by atoms with Crippen molar-refractivity contribution in [3.8, 4) is 11.4 Å². The van der Waals surface area contributed by atoms with Crippen molar-refractivity contribution in [1.82, 2.24) is 25.4 Å². The van der Waals surface area contributed by atoms with Crippen molar-refractivity contribution in [2.45, 2.75) is 13.8 Å². The van der Waals surface area contributed by atoms with Gasteiger partial charge in [0.1, 0.15) is 11.4 Å². The van der Waals surface area contributed by atoms with E-state index in [9.17, 15) is 4.79 Å². The largest absolute Gasteiger partial charge is 0.461 e. The van der Waals surface area contributed by atoms with E-state index in [1.165, 1.54) is 6.20 Å².